The Labute approximate surface area is 150 Å². The number of hydrogen-bond acceptors (Lipinski definition) is 5. The van der Waals surface area contributed by atoms with Crippen LogP contribution in [-0.2, 0) is 16.9 Å². The normalized spacial score (nSPS) is 19.6. The number of aliphatic hydroxyl groups is 1. The van der Waals surface area contributed by atoms with E-state index < -0.39 is 11.5 Å². The van der Waals surface area contributed by atoms with Crippen LogP contribution in [0, 0.1) is 0 Å². The molecule has 1 aromatic rings. The minimum absolute atomic E-state index is 0.0283. The standard InChI is InChI=1S/C16H26F2N4O2S/c1-14(2,3)25-11-13(23)19-8-9-22-10-12(20-21-22)15(24)4-6-16(17,18)7-5-15/h10,24H,4-9,11H2,1-3H3,(H,19,23). The lowest BCUT2D eigenvalue weighted by molar-refractivity contribution is -0.118. The molecule has 1 amide bonds. The zero-order valence-corrected chi connectivity index (χ0v) is 15.7. The summed E-state index contributed by atoms with van der Waals surface area (Å²) in [5.41, 5.74) is -1.02. The van der Waals surface area contributed by atoms with Gasteiger partial charge in [-0.1, -0.05) is 26.0 Å². The molecule has 1 fully saturated rings. The SMILES string of the molecule is CC(C)(C)SCC(=O)NCCn1cc(C2(O)CCC(F)(F)CC2)nn1. The molecule has 0 aliphatic heterocycles. The molecule has 0 aromatic carbocycles. The summed E-state index contributed by atoms with van der Waals surface area (Å²) in [6.07, 6.45) is 0.814. The van der Waals surface area contributed by atoms with Crippen molar-refractivity contribution in [3.63, 3.8) is 0 Å². The van der Waals surface area contributed by atoms with Crippen LogP contribution in [0.1, 0.15) is 52.1 Å². The van der Waals surface area contributed by atoms with Crippen LogP contribution in [0.4, 0.5) is 8.78 Å². The molecule has 25 heavy (non-hydrogen) atoms. The second-order valence-electron chi connectivity index (χ2n) is 7.51. The van der Waals surface area contributed by atoms with Crippen molar-refractivity contribution in [1.29, 1.82) is 0 Å². The summed E-state index contributed by atoms with van der Waals surface area (Å²) >= 11 is 1.57. The molecular formula is C16H26F2N4O2S. The number of alkyl halides is 2. The molecule has 1 heterocycles. The van der Waals surface area contributed by atoms with Gasteiger partial charge < -0.3 is 10.4 Å². The summed E-state index contributed by atoms with van der Waals surface area (Å²) in [6.45, 7) is 6.95. The Balaban J connectivity index is 1.79. The fraction of sp³-hybridized carbons (Fsp3) is 0.812. The van der Waals surface area contributed by atoms with Crippen molar-refractivity contribution in [3.05, 3.63) is 11.9 Å². The van der Waals surface area contributed by atoms with E-state index >= 15 is 0 Å². The Kier molecular flexibility index (Phi) is 6.09. The number of nitrogens with one attached hydrogen (secondary N) is 1. The van der Waals surface area contributed by atoms with Gasteiger partial charge in [0, 0.05) is 24.1 Å². The zero-order valence-electron chi connectivity index (χ0n) is 14.9. The van der Waals surface area contributed by atoms with Gasteiger partial charge in [-0.25, -0.2) is 8.78 Å². The van der Waals surface area contributed by atoms with Crippen LogP contribution in [0.25, 0.3) is 0 Å². The lowest BCUT2D eigenvalue weighted by Crippen LogP contribution is -2.36. The molecule has 6 nitrogen and oxygen atoms in total. The Morgan fingerprint density at radius 1 is 1.36 bits per heavy atom. The third-order valence-electron chi connectivity index (χ3n) is 4.12. The zero-order chi connectivity index (χ0) is 18.7. The minimum Gasteiger partial charge on any atom is -0.383 e. The predicted octanol–water partition coefficient (Wildman–Crippen LogP) is 2.32. The van der Waals surface area contributed by atoms with Gasteiger partial charge in [-0.3, -0.25) is 9.48 Å². The predicted molar refractivity (Wildman–Crippen MR) is 92.6 cm³/mol. The highest BCUT2D eigenvalue weighted by Gasteiger charge is 2.44. The molecule has 0 saturated heterocycles. The van der Waals surface area contributed by atoms with E-state index in [0.717, 1.165) is 0 Å². The topological polar surface area (TPSA) is 80.0 Å². The third kappa shape index (κ3) is 6.22. The molecule has 0 spiro atoms. The second-order valence-corrected chi connectivity index (χ2v) is 9.31. The first-order chi connectivity index (χ1) is 11.5. The van der Waals surface area contributed by atoms with Crippen LogP contribution >= 0.6 is 11.8 Å². The summed E-state index contributed by atoms with van der Waals surface area (Å²) in [6, 6.07) is 0. The van der Waals surface area contributed by atoms with E-state index in [1.165, 1.54) is 4.68 Å². The third-order valence-corrected chi connectivity index (χ3v) is 5.40. The summed E-state index contributed by atoms with van der Waals surface area (Å²) in [4.78, 5) is 11.8. The number of thioether (sulfide) groups is 1. The van der Waals surface area contributed by atoms with Gasteiger partial charge in [-0.2, -0.15) is 0 Å². The fourth-order valence-electron chi connectivity index (χ4n) is 2.55. The molecule has 1 saturated carbocycles. The van der Waals surface area contributed by atoms with Gasteiger partial charge >= 0.3 is 0 Å². The largest absolute Gasteiger partial charge is 0.383 e. The van der Waals surface area contributed by atoms with Crippen LogP contribution in [-0.4, -0.2) is 49.0 Å². The second kappa shape index (κ2) is 7.57. The van der Waals surface area contributed by atoms with E-state index in [4.69, 9.17) is 0 Å². The van der Waals surface area contributed by atoms with Crippen molar-refractivity contribution < 1.29 is 18.7 Å². The van der Waals surface area contributed by atoms with E-state index in [2.05, 4.69) is 15.6 Å². The quantitative estimate of drug-likeness (QED) is 0.797. The van der Waals surface area contributed by atoms with Gasteiger partial charge in [0.2, 0.25) is 11.8 Å². The average molecular weight is 376 g/mol. The molecule has 0 radical (unpaired) electrons. The van der Waals surface area contributed by atoms with Crippen molar-refractivity contribution >= 4 is 17.7 Å². The molecule has 2 rings (SSSR count). The Morgan fingerprint density at radius 2 is 2.00 bits per heavy atom. The molecule has 142 valence electrons. The van der Waals surface area contributed by atoms with Gasteiger partial charge in [0.05, 0.1) is 18.5 Å². The highest BCUT2D eigenvalue weighted by atomic mass is 32.2. The maximum atomic E-state index is 13.3. The number of carbonyl (C=O) groups excluding carboxylic acids is 1. The number of carbonyl (C=O) groups is 1. The average Bonchev–Trinajstić information content (AvgIpc) is 2.98. The summed E-state index contributed by atoms with van der Waals surface area (Å²) in [7, 11) is 0. The summed E-state index contributed by atoms with van der Waals surface area (Å²) in [5.74, 6) is -2.37. The van der Waals surface area contributed by atoms with Gasteiger partial charge in [0.1, 0.15) is 11.3 Å². The van der Waals surface area contributed by atoms with Crippen LogP contribution in [0.5, 0.6) is 0 Å². The Hall–Kier alpha value is -1.22. The van der Waals surface area contributed by atoms with Crippen LogP contribution in [0.2, 0.25) is 0 Å². The molecule has 1 aliphatic carbocycles. The van der Waals surface area contributed by atoms with Crippen molar-refractivity contribution in [3.8, 4) is 0 Å². The van der Waals surface area contributed by atoms with Gasteiger partial charge in [-0.05, 0) is 12.8 Å². The Bertz CT molecular complexity index is 591. The molecule has 0 atom stereocenters. The molecule has 2 N–H and O–H groups in total. The first-order valence-electron chi connectivity index (χ1n) is 8.41. The molecule has 1 aliphatic rings. The van der Waals surface area contributed by atoms with Crippen molar-refractivity contribution in [2.75, 3.05) is 12.3 Å². The molecule has 0 unspecified atom stereocenters. The van der Waals surface area contributed by atoms with Crippen LogP contribution in [0.3, 0.4) is 0 Å². The molecule has 0 bridgehead atoms. The van der Waals surface area contributed by atoms with Gasteiger partial charge in [0.15, 0.2) is 0 Å². The lowest BCUT2D eigenvalue weighted by Gasteiger charge is -2.34. The minimum atomic E-state index is -2.71. The van der Waals surface area contributed by atoms with Crippen LogP contribution < -0.4 is 5.32 Å². The van der Waals surface area contributed by atoms with E-state index in [-0.39, 0.29) is 36.3 Å². The highest BCUT2D eigenvalue weighted by Crippen LogP contribution is 2.42. The number of rotatable bonds is 6. The van der Waals surface area contributed by atoms with Crippen molar-refractivity contribution in [1.82, 2.24) is 20.3 Å². The van der Waals surface area contributed by atoms with E-state index in [9.17, 15) is 18.7 Å². The van der Waals surface area contributed by atoms with Crippen molar-refractivity contribution in [2.45, 2.75) is 69.3 Å². The number of amides is 1. The van der Waals surface area contributed by atoms with Gasteiger partial charge in [0.25, 0.3) is 0 Å². The highest BCUT2D eigenvalue weighted by molar-refractivity contribution is 8.01. The fourth-order valence-corrected chi connectivity index (χ4v) is 3.22. The Morgan fingerprint density at radius 3 is 2.60 bits per heavy atom. The summed E-state index contributed by atoms with van der Waals surface area (Å²) < 4.78 is 28.0. The summed E-state index contributed by atoms with van der Waals surface area (Å²) in [5, 5.41) is 21.2. The first-order valence-corrected chi connectivity index (χ1v) is 9.39. The maximum absolute atomic E-state index is 13.3. The molecular weight excluding hydrogens is 350 g/mol. The number of nitrogens with zero attached hydrogens (tertiary/aromatic N) is 3. The van der Waals surface area contributed by atoms with Gasteiger partial charge in [-0.15, -0.1) is 16.9 Å². The number of hydrogen-bond donors (Lipinski definition) is 2. The smallest absolute Gasteiger partial charge is 0.248 e. The van der Waals surface area contributed by atoms with Crippen molar-refractivity contribution in [2.24, 2.45) is 0 Å². The monoisotopic (exact) mass is 376 g/mol. The molecule has 1 aromatic heterocycles. The van der Waals surface area contributed by atoms with E-state index in [0.29, 0.717) is 24.5 Å². The number of halogens is 2. The first kappa shape index (κ1) is 20.1. The maximum Gasteiger partial charge on any atom is 0.248 e. The number of aromatic nitrogens is 3. The van der Waals surface area contributed by atoms with Crippen LogP contribution in [0.15, 0.2) is 6.20 Å². The van der Waals surface area contributed by atoms with E-state index in [1.54, 1.807) is 18.0 Å². The lowest BCUT2D eigenvalue weighted by atomic mass is 9.81. The van der Waals surface area contributed by atoms with E-state index in [1.807, 2.05) is 20.8 Å². The molecule has 9 heteroatoms.